The number of aromatic nitrogens is 1. The minimum Gasteiger partial charge on any atom is -0.406 e. The lowest BCUT2D eigenvalue weighted by Gasteiger charge is -2.34. The normalized spacial score (nSPS) is 15.2. The average Bonchev–Trinajstić information content (AvgIpc) is 3.08. The molecule has 0 radical (unpaired) electrons. The molecule has 1 aliphatic rings. The van der Waals surface area contributed by atoms with E-state index in [4.69, 9.17) is 0 Å². The topological polar surface area (TPSA) is 66.8 Å². The molecule has 2 amide bonds. The van der Waals surface area contributed by atoms with Gasteiger partial charge < -0.3 is 19.5 Å². The third-order valence-corrected chi connectivity index (χ3v) is 4.56. The molecule has 0 atom stereocenters. The van der Waals surface area contributed by atoms with Crippen LogP contribution in [-0.2, 0) is 11.8 Å². The fourth-order valence-electron chi connectivity index (χ4n) is 3.10. The monoisotopic (exact) mass is 410 g/mol. The van der Waals surface area contributed by atoms with Gasteiger partial charge in [0.1, 0.15) is 11.4 Å². The summed E-state index contributed by atoms with van der Waals surface area (Å²) in [6, 6.07) is 8.54. The Hall–Kier alpha value is -3.01. The summed E-state index contributed by atoms with van der Waals surface area (Å²) < 4.78 is 42.1. The van der Waals surface area contributed by atoms with Gasteiger partial charge in [-0.25, -0.2) is 0 Å². The Morgan fingerprint density at radius 1 is 1.07 bits per heavy atom. The zero-order valence-corrected chi connectivity index (χ0v) is 15.8. The molecule has 1 aromatic heterocycles. The Balaban J connectivity index is 1.45. The van der Waals surface area contributed by atoms with Crippen molar-refractivity contribution in [2.45, 2.75) is 6.36 Å². The number of hydrogen-bond donors (Lipinski definition) is 1. The lowest BCUT2D eigenvalue weighted by atomic mass is 10.2. The fourth-order valence-corrected chi connectivity index (χ4v) is 3.10. The number of nitrogens with zero attached hydrogens (tertiary/aromatic N) is 3. The van der Waals surface area contributed by atoms with Crippen LogP contribution in [0.5, 0.6) is 5.75 Å². The number of benzene rings is 1. The van der Waals surface area contributed by atoms with Crippen LogP contribution in [0.2, 0.25) is 0 Å². The molecule has 29 heavy (non-hydrogen) atoms. The number of rotatable bonds is 5. The molecule has 0 unspecified atom stereocenters. The molecule has 7 nitrogen and oxygen atoms in total. The summed E-state index contributed by atoms with van der Waals surface area (Å²) in [5.74, 6) is -0.672. The lowest BCUT2D eigenvalue weighted by molar-refractivity contribution is -0.274. The first kappa shape index (κ1) is 20.7. The molecule has 0 saturated carbocycles. The second-order valence-corrected chi connectivity index (χ2v) is 6.69. The van der Waals surface area contributed by atoms with Gasteiger partial charge in [-0.2, -0.15) is 0 Å². The Morgan fingerprint density at radius 3 is 2.28 bits per heavy atom. The molecule has 0 spiro atoms. The van der Waals surface area contributed by atoms with Crippen LogP contribution in [0.1, 0.15) is 10.5 Å². The molecule has 156 valence electrons. The SMILES string of the molecule is Cn1cccc1C(=O)N1CCN(CC(=O)Nc2ccc(OC(F)(F)F)cc2)CC1. The standard InChI is InChI=1S/C19H21F3N4O3/c1-24-8-2-3-16(24)18(28)26-11-9-25(10-12-26)13-17(27)23-14-4-6-15(7-5-14)29-19(20,21)22/h2-8H,9-13H2,1H3,(H,23,27). The Morgan fingerprint density at radius 2 is 1.72 bits per heavy atom. The number of aryl methyl sites for hydroxylation is 1. The Labute approximate surface area is 165 Å². The summed E-state index contributed by atoms with van der Waals surface area (Å²) in [6.07, 6.45) is -2.94. The van der Waals surface area contributed by atoms with Gasteiger partial charge in [-0.15, -0.1) is 13.2 Å². The largest absolute Gasteiger partial charge is 0.573 e. The summed E-state index contributed by atoms with van der Waals surface area (Å²) in [7, 11) is 1.82. The van der Waals surface area contributed by atoms with Gasteiger partial charge in [-0.05, 0) is 36.4 Å². The smallest absolute Gasteiger partial charge is 0.406 e. The zero-order valence-electron chi connectivity index (χ0n) is 15.8. The van der Waals surface area contributed by atoms with Gasteiger partial charge >= 0.3 is 6.36 Å². The van der Waals surface area contributed by atoms with Crippen LogP contribution in [0, 0.1) is 0 Å². The van der Waals surface area contributed by atoms with Crippen molar-refractivity contribution in [3.8, 4) is 5.75 Å². The van der Waals surface area contributed by atoms with E-state index in [1.807, 2.05) is 24.2 Å². The van der Waals surface area contributed by atoms with Gasteiger partial charge in [0.15, 0.2) is 0 Å². The van der Waals surface area contributed by atoms with Gasteiger partial charge in [0, 0.05) is 45.1 Å². The van der Waals surface area contributed by atoms with E-state index in [2.05, 4.69) is 10.1 Å². The molecule has 2 heterocycles. The van der Waals surface area contributed by atoms with E-state index in [0.29, 0.717) is 37.6 Å². The van der Waals surface area contributed by atoms with Crippen molar-refractivity contribution in [2.75, 3.05) is 38.0 Å². The van der Waals surface area contributed by atoms with E-state index in [1.165, 1.54) is 12.1 Å². The summed E-state index contributed by atoms with van der Waals surface area (Å²) in [5.41, 5.74) is 0.996. The first-order valence-corrected chi connectivity index (χ1v) is 9.00. The molecule has 10 heteroatoms. The molecule has 1 aromatic carbocycles. The molecule has 1 N–H and O–H groups in total. The molecule has 3 rings (SSSR count). The first-order chi connectivity index (χ1) is 13.7. The maximum atomic E-state index is 12.5. The summed E-state index contributed by atoms with van der Waals surface area (Å²) in [5, 5.41) is 2.64. The minimum atomic E-state index is -4.76. The summed E-state index contributed by atoms with van der Waals surface area (Å²) >= 11 is 0. The van der Waals surface area contributed by atoms with E-state index in [-0.39, 0.29) is 24.1 Å². The predicted octanol–water partition coefficient (Wildman–Crippen LogP) is 2.32. The highest BCUT2D eigenvalue weighted by molar-refractivity contribution is 5.93. The average molecular weight is 410 g/mol. The Bertz CT molecular complexity index is 856. The van der Waals surface area contributed by atoms with Gasteiger partial charge in [0.25, 0.3) is 5.91 Å². The van der Waals surface area contributed by atoms with Gasteiger partial charge in [-0.3, -0.25) is 14.5 Å². The van der Waals surface area contributed by atoms with Crippen molar-refractivity contribution in [1.29, 1.82) is 0 Å². The van der Waals surface area contributed by atoms with E-state index < -0.39 is 6.36 Å². The van der Waals surface area contributed by atoms with Gasteiger partial charge in [0.05, 0.1) is 6.54 Å². The van der Waals surface area contributed by atoms with Crippen molar-refractivity contribution in [2.24, 2.45) is 7.05 Å². The maximum absolute atomic E-state index is 12.5. The van der Waals surface area contributed by atoms with Crippen LogP contribution in [0.15, 0.2) is 42.6 Å². The number of alkyl halides is 3. The lowest BCUT2D eigenvalue weighted by Crippen LogP contribution is -2.50. The fraction of sp³-hybridized carbons (Fsp3) is 0.368. The third kappa shape index (κ3) is 5.74. The van der Waals surface area contributed by atoms with Crippen LogP contribution in [0.25, 0.3) is 0 Å². The van der Waals surface area contributed by atoms with Crippen LogP contribution < -0.4 is 10.1 Å². The maximum Gasteiger partial charge on any atom is 0.573 e. The first-order valence-electron chi connectivity index (χ1n) is 9.00. The number of amides is 2. The summed E-state index contributed by atoms with van der Waals surface area (Å²) in [6.45, 7) is 2.28. The van der Waals surface area contributed by atoms with Crippen molar-refractivity contribution in [1.82, 2.24) is 14.4 Å². The second kappa shape index (κ2) is 8.56. The number of anilines is 1. The molecular weight excluding hydrogens is 389 g/mol. The minimum absolute atomic E-state index is 0.0391. The number of nitrogens with one attached hydrogen (secondary N) is 1. The highest BCUT2D eigenvalue weighted by atomic mass is 19.4. The molecule has 1 aliphatic heterocycles. The van der Waals surface area contributed by atoms with Gasteiger partial charge in [-0.1, -0.05) is 0 Å². The van der Waals surface area contributed by atoms with E-state index in [1.54, 1.807) is 15.5 Å². The van der Waals surface area contributed by atoms with Crippen LogP contribution in [0.3, 0.4) is 0 Å². The van der Waals surface area contributed by atoms with Crippen molar-refractivity contribution >= 4 is 17.5 Å². The van der Waals surface area contributed by atoms with Crippen molar-refractivity contribution in [3.05, 3.63) is 48.3 Å². The summed E-state index contributed by atoms with van der Waals surface area (Å²) in [4.78, 5) is 28.4. The van der Waals surface area contributed by atoms with Crippen LogP contribution in [-0.4, -0.2) is 65.3 Å². The number of hydrogen-bond acceptors (Lipinski definition) is 4. The number of ether oxygens (including phenoxy) is 1. The second-order valence-electron chi connectivity index (χ2n) is 6.69. The predicted molar refractivity (Wildman–Crippen MR) is 99.5 cm³/mol. The Kier molecular flexibility index (Phi) is 6.12. The number of piperazine rings is 1. The molecule has 1 saturated heterocycles. The molecule has 2 aromatic rings. The zero-order chi connectivity index (χ0) is 21.0. The van der Waals surface area contributed by atoms with Crippen LogP contribution in [0.4, 0.5) is 18.9 Å². The highest BCUT2D eigenvalue weighted by Crippen LogP contribution is 2.24. The number of halogens is 3. The van der Waals surface area contributed by atoms with Crippen molar-refractivity contribution < 1.29 is 27.5 Å². The van der Waals surface area contributed by atoms with Gasteiger partial charge in [0.2, 0.25) is 5.91 Å². The molecule has 0 bridgehead atoms. The molecular formula is C19H21F3N4O3. The van der Waals surface area contributed by atoms with E-state index in [0.717, 1.165) is 12.1 Å². The quantitative estimate of drug-likeness (QED) is 0.822. The van der Waals surface area contributed by atoms with Crippen molar-refractivity contribution in [3.63, 3.8) is 0 Å². The number of carbonyl (C=O) groups is 2. The number of carbonyl (C=O) groups excluding carboxylic acids is 2. The third-order valence-electron chi connectivity index (χ3n) is 4.56. The van der Waals surface area contributed by atoms with Crippen LogP contribution >= 0.6 is 0 Å². The molecule has 1 fully saturated rings. The highest BCUT2D eigenvalue weighted by Gasteiger charge is 2.31. The van der Waals surface area contributed by atoms with E-state index in [9.17, 15) is 22.8 Å². The van der Waals surface area contributed by atoms with E-state index >= 15 is 0 Å². The molecule has 0 aliphatic carbocycles.